The van der Waals surface area contributed by atoms with Crippen LogP contribution in [0.1, 0.15) is 9.67 Å². The minimum atomic E-state index is -0.433. The van der Waals surface area contributed by atoms with Crippen molar-refractivity contribution in [1.82, 2.24) is 9.88 Å². The first kappa shape index (κ1) is 23.9. The van der Waals surface area contributed by atoms with Crippen molar-refractivity contribution in [3.05, 3.63) is 57.5 Å². The van der Waals surface area contributed by atoms with Gasteiger partial charge in [-0.3, -0.25) is 19.8 Å². The maximum atomic E-state index is 13.5. The van der Waals surface area contributed by atoms with Crippen molar-refractivity contribution in [2.75, 3.05) is 39.2 Å². The molecule has 0 radical (unpaired) electrons. The Morgan fingerprint density at radius 1 is 1.09 bits per heavy atom. The topological polar surface area (TPSA) is 88.8 Å². The van der Waals surface area contributed by atoms with Gasteiger partial charge >= 0.3 is 0 Å². The van der Waals surface area contributed by atoms with Gasteiger partial charge in [0.05, 0.1) is 27.1 Å². The fourth-order valence-corrected chi connectivity index (χ4v) is 5.07. The van der Waals surface area contributed by atoms with E-state index < -0.39 is 4.92 Å². The highest BCUT2D eigenvalue weighted by molar-refractivity contribution is 7.23. The van der Waals surface area contributed by atoms with Crippen LogP contribution in [0.25, 0.3) is 20.3 Å². The molecule has 0 spiro atoms. The number of hydrogen-bond donors (Lipinski definition) is 0. The number of carbonyl (C=O) groups excluding carboxylic acids is 1. The second kappa shape index (κ2) is 9.78. The second-order valence-electron chi connectivity index (χ2n) is 7.18. The summed E-state index contributed by atoms with van der Waals surface area (Å²) in [4.78, 5) is 33.0. The third-order valence-corrected chi connectivity index (χ3v) is 6.92. The number of thiophene rings is 1. The molecule has 0 saturated carbocycles. The van der Waals surface area contributed by atoms with E-state index in [0.29, 0.717) is 34.2 Å². The van der Waals surface area contributed by atoms with Gasteiger partial charge in [-0.25, -0.2) is 4.98 Å². The third kappa shape index (κ3) is 4.83. The molecule has 0 bridgehead atoms. The lowest BCUT2D eigenvalue weighted by Gasteiger charge is -2.21. The summed E-state index contributed by atoms with van der Waals surface area (Å²) in [6, 6.07) is 12.0. The number of halogens is 1. The van der Waals surface area contributed by atoms with Gasteiger partial charge in [-0.05, 0) is 38.4 Å². The minimum absolute atomic E-state index is 0. The van der Waals surface area contributed by atoms with Crippen molar-refractivity contribution in [2.24, 2.45) is 0 Å². The number of amides is 1. The van der Waals surface area contributed by atoms with Crippen LogP contribution in [0.3, 0.4) is 0 Å². The average molecular weight is 493 g/mol. The number of aromatic nitrogens is 1. The minimum Gasteiger partial charge on any atom is -0.497 e. The van der Waals surface area contributed by atoms with Crippen LogP contribution >= 0.6 is 35.1 Å². The Labute approximate surface area is 198 Å². The molecule has 1 amide bonds. The van der Waals surface area contributed by atoms with E-state index in [-0.39, 0.29) is 24.0 Å². The van der Waals surface area contributed by atoms with E-state index in [1.54, 1.807) is 24.1 Å². The van der Waals surface area contributed by atoms with Crippen molar-refractivity contribution in [3.63, 3.8) is 0 Å². The van der Waals surface area contributed by atoms with E-state index in [1.165, 1.54) is 34.8 Å². The zero-order valence-electron chi connectivity index (χ0n) is 17.6. The van der Waals surface area contributed by atoms with Crippen LogP contribution in [0.5, 0.6) is 5.75 Å². The first-order valence-electron chi connectivity index (χ1n) is 9.45. The Bertz CT molecular complexity index is 1290. The number of ether oxygens (including phenoxy) is 1. The van der Waals surface area contributed by atoms with E-state index >= 15 is 0 Å². The van der Waals surface area contributed by atoms with E-state index in [2.05, 4.69) is 4.98 Å². The molecule has 2 heterocycles. The van der Waals surface area contributed by atoms with E-state index in [4.69, 9.17) is 4.74 Å². The van der Waals surface area contributed by atoms with Gasteiger partial charge < -0.3 is 9.64 Å². The number of fused-ring (bicyclic) bond motifs is 2. The Morgan fingerprint density at radius 2 is 1.84 bits per heavy atom. The quantitative estimate of drug-likeness (QED) is 0.264. The first-order chi connectivity index (χ1) is 14.9. The predicted octanol–water partition coefficient (Wildman–Crippen LogP) is 5.06. The molecule has 0 aliphatic heterocycles. The van der Waals surface area contributed by atoms with Crippen molar-refractivity contribution in [2.45, 2.75) is 0 Å². The van der Waals surface area contributed by atoms with Gasteiger partial charge in [0.25, 0.3) is 11.6 Å². The SMILES string of the molecule is COc1ccc2sc(N(CCN(C)C)C(=O)c3cc4cc([N+](=O)[O-])ccc4s3)nc2c1.Cl. The number of thiazole rings is 1. The molecule has 0 fully saturated rings. The van der Waals surface area contributed by atoms with Gasteiger partial charge in [0.1, 0.15) is 5.75 Å². The lowest BCUT2D eigenvalue weighted by Crippen LogP contribution is -2.36. The number of nitrogens with zero attached hydrogens (tertiary/aromatic N) is 4. The molecule has 168 valence electrons. The van der Waals surface area contributed by atoms with Crippen molar-refractivity contribution >= 4 is 72.1 Å². The fraction of sp³-hybridized carbons (Fsp3) is 0.238. The first-order valence-corrected chi connectivity index (χ1v) is 11.1. The lowest BCUT2D eigenvalue weighted by molar-refractivity contribution is -0.384. The lowest BCUT2D eigenvalue weighted by atomic mass is 10.2. The summed E-state index contributed by atoms with van der Waals surface area (Å²) in [5.74, 6) is 0.540. The number of rotatable bonds is 7. The van der Waals surface area contributed by atoms with Crippen molar-refractivity contribution in [1.29, 1.82) is 0 Å². The van der Waals surface area contributed by atoms with Gasteiger partial charge in [0.15, 0.2) is 5.13 Å². The summed E-state index contributed by atoms with van der Waals surface area (Å²) >= 11 is 2.77. The summed E-state index contributed by atoms with van der Waals surface area (Å²) in [7, 11) is 5.50. The van der Waals surface area contributed by atoms with Crippen LogP contribution in [-0.2, 0) is 0 Å². The molecule has 11 heteroatoms. The zero-order valence-corrected chi connectivity index (χ0v) is 20.1. The molecular weight excluding hydrogens is 472 g/mol. The van der Waals surface area contributed by atoms with Gasteiger partial charge in [0.2, 0.25) is 0 Å². The van der Waals surface area contributed by atoms with Crippen LogP contribution in [0.2, 0.25) is 0 Å². The average Bonchev–Trinajstić information content (AvgIpc) is 3.36. The fourth-order valence-electron chi connectivity index (χ4n) is 3.10. The number of benzene rings is 2. The number of anilines is 1. The molecular formula is C21H21ClN4O4S2. The van der Waals surface area contributed by atoms with Crippen LogP contribution in [0, 0.1) is 10.1 Å². The maximum absolute atomic E-state index is 13.5. The number of hydrogen-bond acceptors (Lipinski definition) is 8. The van der Waals surface area contributed by atoms with Gasteiger partial charge in [-0.15, -0.1) is 23.7 Å². The van der Waals surface area contributed by atoms with Crippen molar-refractivity contribution < 1.29 is 14.5 Å². The molecule has 0 unspecified atom stereocenters. The van der Waals surface area contributed by atoms with E-state index in [9.17, 15) is 14.9 Å². The molecule has 2 aromatic carbocycles. The van der Waals surface area contributed by atoms with E-state index in [0.717, 1.165) is 14.9 Å². The van der Waals surface area contributed by atoms with Crippen LogP contribution < -0.4 is 9.64 Å². The molecule has 4 rings (SSSR count). The molecule has 0 saturated heterocycles. The molecule has 2 aromatic heterocycles. The summed E-state index contributed by atoms with van der Waals surface area (Å²) < 4.78 is 7.07. The summed E-state index contributed by atoms with van der Waals surface area (Å²) in [6.07, 6.45) is 0. The van der Waals surface area contributed by atoms with E-state index in [1.807, 2.05) is 37.2 Å². The number of nitro benzene ring substituents is 1. The van der Waals surface area contributed by atoms with Crippen molar-refractivity contribution in [3.8, 4) is 5.75 Å². The molecule has 4 aromatic rings. The number of carbonyl (C=O) groups is 1. The van der Waals surface area contributed by atoms with Crippen LogP contribution in [-0.4, -0.2) is 55.0 Å². The Hall–Kier alpha value is -2.79. The number of non-ortho nitro benzene ring substituents is 1. The Kier molecular flexibility index (Phi) is 7.29. The number of likely N-dealkylation sites (N-methyl/N-ethyl adjacent to an activating group) is 1. The van der Waals surface area contributed by atoms with Gasteiger partial charge in [-0.1, -0.05) is 11.3 Å². The third-order valence-electron chi connectivity index (χ3n) is 4.75. The monoisotopic (exact) mass is 492 g/mol. The number of nitro groups is 1. The highest BCUT2D eigenvalue weighted by Gasteiger charge is 2.24. The Morgan fingerprint density at radius 3 is 2.53 bits per heavy atom. The zero-order chi connectivity index (χ0) is 22.1. The molecule has 0 aliphatic rings. The normalized spacial score (nSPS) is 11.0. The second-order valence-corrected chi connectivity index (χ2v) is 9.27. The standard InChI is InChI=1S/C21H20N4O4S2.ClH/c1-23(2)8-9-24(21-22-16-12-15(29-3)5-7-18(16)31-21)20(26)19-11-13-10-14(25(27)28)4-6-17(13)30-19;/h4-7,10-12H,8-9H2,1-3H3;1H. The predicted molar refractivity (Wildman–Crippen MR) is 132 cm³/mol. The molecule has 0 aliphatic carbocycles. The number of methoxy groups -OCH3 is 1. The molecule has 0 N–H and O–H groups in total. The molecule has 0 atom stereocenters. The summed E-state index contributed by atoms with van der Waals surface area (Å²) in [5.41, 5.74) is 0.780. The smallest absolute Gasteiger partial charge is 0.270 e. The maximum Gasteiger partial charge on any atom is 0.270 e. The van der Waals surface area contributed by atoms with Gasteiger partial charge in [-0.2, -0.15) is 0 Å². The Balaban J connectivity index is 0.00000289. The van der Waals surface area contributed by atoms with Crippen LogP contribution in [0.15, 0.2) is 42.5 Å². The summed E-state index contributed by atoms with van der Waals surface area (Å²) in [5, 5.41) is 12.4. The highest BCUT2D eigenvalue weighted by Crippen LogP contribution is 2.34. The van der Waals surface area contributed by atoms with Crippen LogP contribution in [0.4, 0.5) is 10.8 Å². The molecule has 32 heavy (non-hydrogen) atoms. The van der Waals surface area contributed by atoms with Gasteiger partial charge in [0, 0.05) is 41.4 Å². The highest BCUT2D eigenvalue weighted by atomic mass is 35.5. The largest absolute Gasteiger partial charge is 0.497 e. The molecule has 8 nitrogen and oxygen atoms in total. The summed E-state index contributed by atoms with van der Waals surface area (Å²) in [6.45, 7) is 1.14.